The Hall–Kier alpha value is -2.00. The summed E-state index contributed by atoms with van der Waals surface area (Å²) in [4.78, 5) is 18.9. The maximum Gasteiger partial charge on any atom is 0.573 e. The molecule has 0 amide bonds. The lowest BCUT2D eigenvalue weighted by molar-refractivity contribution is -0.274. The van der Waals surface area contributed by atoms with Crippen molar-refractivity contribution >= 4 is 44.3 Å². The first-order valence-corrected chi connectivity index (χ1v) is 9.69. The van der Waals surface area contributed by atoms with Gasteiger partial charge in [-0.3, -0.25) is 9.79 Å². The second-order valence-corrected chi connectivity index (χ2v) is 7.55. The lowest BCUT2D eigenvalue weighted by Gasteiger charge is -2.23. The first-order valence-electron chi connectivity index (χ1n) is 7.91. The predicted molar refractivity (Wildman–Crippen MR) is 104 cm³/mol. The zero-order valence-corrected chi connectivity index (χ0v) is 16.3. The number of hydrogen-bond acceptors (Lipinski definition) is 5. The molecule has 27 heavy (non-hydrogen) atoms. The van der Waals surface area contributed by atoms with Crippen molar-refractivity contribution in [3.05, 3.63) is 58.6 Å². The molecule has 0 unspecified atom stereocenters. The van der Waals surface area contributed by atoms with E-state index in [-0.39, 0.29) is 18.1 Å². The molecule has 9 heteroatoms. The standard InChI is InChI=1S/C18H14BrF3N2O2S/c19-13-3-5-14(6-4-13)24(17-23-9-10-27-17)11-16(25)12-1-7-15(8-2-12)26-18(20,21)22/h1-8H,9-11H2. The summed E-state index contributed by atoms with van der Waals surface area (Å²) in [6, 6.07) is 12.4. The van der Waals surface area contributed by atoms with Gasteiger partial charge in [-0.05, 0) is 48.5 Å². The molecule has 1 aliphatic rings. The van der Waals surface area contributed by atoms with Gasteiger partial charge in [0.25, 0.3) is 0 Å². The molecular formula is C18H14BrF3N2O2S. The van der Waals surface area contributed by atoms with E-state index in [0.29, 0.717) is 12.1 Å². The van der Waals surface area contributed by atoms with Crippen LogP contribution in [0.5, 0.6) is 5.75 Å². The number of carbonyl (C=O) groups is 1. The van der Waals surface area contributed by atoms with Crippen LogP contribution in [0.2, 0.25) is 0 Å². The maximum absolute atomic E-state index is 12.7. The van der Waals surface area contributed by atoms with Crippen molar-refractivity contribution < 1.29 is 22.7 Å². The molecule has 1 aliphatic heterocycles. The number of hydrogen-bond donors (Lipinski definition) is 0. The predicted octanol–water partition coefficient (Wildman–Crippen LogP) is 5.14. The molecule has 0 atom stereocenters. The minimum atomic E-state index is -4.76. The highest BCUT2D eigenvalue weighted by Gasteiger charge is 2.31. The number of aliphatic imine (C=N–C) groups is 1. The number of benzene rings is 2. The number of ether oxygens (including phenoxy) is 1. The third-order valence-electron chi connectivity index (χ3n) is 3.65. The van der Waals surface area contributed by atoms with Crippen LogP contribution in [0, 0.1) is 0 Å². The van der Waals surface area contributed by atoms with E-state index in [0.717, 1.165) is 33.2 Å². The van der Waals surface area contributed by atoms with Crippen molar-refractivity contribution in [2.75, 3.05) is 23.7 Å². The highest BCUT2D eigenvalue weighted by Crippen LogP contribution is 2.26. The molecule has 0 aromatic heterocycles. The van der Waals surface area contributed by atoms with Gasteiger partial charge in [0.15, 0.2) is 11.0 Å². The Labute approximate surface area is 166 Å². The van der Waals surface area contributed by atoms with E-state index in [1.54, 1.807) is 11.8 Å². The summed E-state index contributed by atoms with van der Waals surface area (Å²) in [6.07, 6.45) is -4.76. The van der Waals surface area contributed by atoms with E-state index in [9.17, 15) is 18.0 Å². The van der Waals surface area contributed by atoms with Crippen molar-refractivity contribution in [2.45, 2.75) is 6.36 Å². The molecule has 0 fully saturated rings. The molecular weight excluding hydrogens is 445 g/mol. The summed E-state index contributed by atoms with van der Waals surface area (Å²) in [5.41, 5.74) is 1.12. The number of Topliss-reactive ketones (excluding diaryl/α,β-unsaturated/α-hetero) is 1. The Morgan fingerprint density at radius 2 is 1.81 bits per heavy atom. The van der Waals surface area contributed by atoms with E-state index < -0.39 is 6.36 Å². The number of halogens is 4. The fourth-order valence-corrected chi connectivity index (χ4v) is 3.59. The number of nitrogens with zero attached hydrogens (tertiary/aromatic N) is 2. The molecule has 0 aliphatic carbocycles. The quantitative estimate of drug-likeness (QED) is 0.581. The Balaban J connectivity index is 1.77. The summed E-state index contributed by atoms with van der Waals surface area (Å²) >= 11 is 4.94. The summed E-state index contributed by atoms with van der Waals surface area (Å²) in [7, 11) is 0. The zero-order chi connectivity index (χ0) is 19.4. The van der Waals surface area contributed by atoms with Gasteiger partial charge in [-0.2, -0.15) is 0 Å². The minimum absolute atomic E-state index is 0.0347. The number of carbonyl (C=O) groups excluding carboxylic acids is 1. The summed E-state index contributed by atoms with van der Waals surface area (Å²) < 4.78 is 41.5. The van der Waals surface area contributed by atoms with Crippen LogP contribution in [0.4, 0.5) is 18.9 Å². The molecule has 0 radical (unpaired) electrons. The van der Waals surface area contributed by atoms with Gasteiger partial charge in [-0.25, -0.2) is 0 Å². The van der Waals surface area contributed by atoms with Crippen LogP contribution in [0.15, 0.2) is 58.0 Å². The third kappa shape index (κ3) is 5.49. The van der Waals surface area contributed by atoms with Gasteiger partial charge in [0.2, 0.25) is 0 Å². The molecule has 4 nitrogen and oxygen atoms in total. The maximum atomic E-state index is 12.7. The van der Waals surface area contributed by atoms with Gasteiger partial charge < -0.3 is 9.64 Å². The summed E-state index contributed by atoms with van der Waals surface area (Å²) in [5, 5.41) is 0.752. The van der Waals surface area contributed by atoms with Crippen LogP contribution in [-0.2, 0) is 0 Å². The Morgan fingerprint density at radius 3 is 2.37 bits per heavy atom. The minimum Gasteiger partial charge on any atom is -0.406 e. The van der Waals surface area contributed by atoms with Crippen molar-refractivity contribution in [2.24, 2.45) is 4.99 Å². The Bertz CT molecular complexity index is 839. The van der Waals surface area contributed by atoms with Crippen molar-refractivity contribution in [3.63, 3.8) is 0 Å². The third-order valence-corrected chi connectivity index (χ3v) is 5.17. The van der Waals surface area contributed by atoms with Crippen molar-refractivity contribution in [3.8, 4) is 5.75 Å². The van der Waals surface area contributed by atoms with Crippen molar-refractivity contribution in [1.82, 2.24) is 0 Å². The molecule has 0 saturated carbocycles. The lowest BCUT2D eigenvalue weighted by Crippen LogP contribution is -2.33. The molecule has 2 aromatic rings. The second-order valence-electron chi connectivity index (χ2n) is 5.57. The van der Waals surface area contributed by atoms with Crippen LogP contribution in [0.3, 0.4) is 0 Å². The fourth-order valence-electron chi connectivity index (χ4n) is 2.45. The van der Waals surface area contributed by atoms with Gasteiger partial charge in [-0.1, -0.05) is 27.7 Å². The average Bonchev–Trinajstić information content (AvgIpc) is 3.14. The van der Waals surface area contributed by atoms with Crippen LogP contribution in [0.1, 0.15) is 10.4 Å². The molecule has 142 valence electrons. The average molecular weight is 459 g/mol. The monoisotopic (exact) mass is 458 g/mol. The van der Waals surface area contributed by atoms with Gasteiger partial charge in [0.05, 0.1) is 13.1 Å². The topological polar surface area (TPSA) is 41.9 Å². The number of rotatable bonds is 5. The van der Waals surface area contributed by atoms with Gasteiger partial charge in [0, 0.05) is 21.5 Å². The molecule has 1 heterocycles. The Morgan fingerprint density at radius 1 is 1.15 bits per heavy atom. The first-order chi connectivity index (χ1) is 12.8. The molecule has 0 N–H and O–H groups in total. The van der Waals surface area contributed by atoms with Crippen LogP contribution < -0.4 is 9.64 Å². The SMILES string of the molecule is O=C(CN(C1=NCCS1)c1ccc(Br)cc1)c1ccc(OC(F)(F)F)cc1. The van der Waals surface area contributed by atoms with Crippen LogP contribution in [0.25, 0.3) is 0 Å². The van der Waals surface area contributed by atoms with E-state index in [1.165, 1.54) is 12.1 Å². The second kappa shape index (κ2) is 8.35. The normalized spacial score (nSPS) is 14.0. The summed E-state index contributed by atoms with van der Waals surface area (Å²) in [6.45, 7) is 0.720. The lowest BCUT2D eigenvalue weighted by atomic mass is 10.1. The zero-order valence-electron chi connectivity index (χ0n) is 13.9. The number of amidine groups is 1. The molecule has 3 rings (SSSR count). The molecule has 0 spiro atoms. The number of ketones is 1. The van der Waals surface area contributed by atoms with Gasteiger partial charge in [0.1, 0.15) is 5.75 Å². The number of thioether (sulfide) groups is 1. The largest absolute Gasteiger partial charge is 0.573 e. The molecule has 0 saturated heterocycles. The van der Waals surface area contributed by atoms with Gasteiger partial charge >= 0.3 is 6.36 Å². The fraction of sp³-hybridized carbons (Fsp3) is 0.222. The molecule has 2 aromatic carbocycles. The van der Waals surface area contributed by atoms with Crippen LogP contribution >= 0.6 is 27.7 Å². The highest BCUT2D eigenvalue weighted by atomic mass is 79.9. The van der Waals surface area contributed by atoms with Crippen molar-refractivity contribution in [1.29, 1.82) is 0 Å². The molecule has 0 bridgehead atoms. The van der Waals surface area contributed by atoms with Crippen LogP contribution in [-0.4, -0.2) is 36.2 Å². The smallest absolute Gasteiger partial charge is 0.406 e. The van der Waals surface area contributed by atoms with E-state index >= 15 is 0 Å². The first kappa shape index (κ1) is 19.8. The number of anilines is 1. The van der Waals surface area contributed by atoms with E-state index in [2.05, 4.69) is 25.7 Å². The van der Waals surface area contributed by atoms with Gasteiger partial charge in [-0.15, -0.1) is 13.2 Å². The summed E-state index contributed by atoms with van der Waals surface area (Å²) in [5.74, 6) is 0.256. The van der Waals surface area contributed by atoms with E-state index in [4.69, 9.17) is 0 Å². The van der Waals surface area contributed by atoms with E-state index in [1.807, 2.05) is 29.2 Å². The Kier molecular flexibility index (Phi) is 6.11. The highest BCUT2D eigenvalue weighted by molar-refractivity contribution is 9.10. The number of alkyl halides is 3.